The van der Waals surface area contributed by atoms with E-state index in [1.807, 2.05) is 132 Å². The van der Waals surface area contributed by atoms with Crippen molar-refractivity contribution in [3.05, 3.63) is 126 Å². The van der Waals surface area contributed by atoms with Crippen LogP contribution in [-0.4, -0.2) is 110 Å². The average Bonchev–Trinajstić information content (AvgIpc) is 3.88. The highest BCUT2D eigenvalue weighted by molar-refractivity contribution is 7.13. The zero-order chi connectivity index (χ0) is 46.0. The van der Waals surface area contributed by atoms with E-state index in [9.17, 15) is 24.3 Å². The number of aliphatic hydroxyl groups excluding tert-OH is 1. The molecule has 3 aromatic heterocycles. The number of ether oxygens (including phenoxy) is 1. The Morgan fingerprint density at radius 2 is 1.58 bits per heavy atom. The number of nitrogens with one attached hydrogen (secondary N) is 3. The van der Waals surface area contributed by atoms with E-state index in [1.54, 1.807) is 33.4 Å². The van der Waals surface area contributed by atoms with Crippen LogP contribution in [0.1, 0.15) is 58.4 Å². The number of amides is 5. The smallest absolute Gasteiger partial charge is 0.407 e. The molecule has 1 saturated heterocycles. The van der Waals surface area contributed by atoms with Gasteiger partial charge in [-0.05, 0) is 52.6 Å². The minimum atomic E-state index is -1.23. The Balaban J connectivity index is 1.24. The molecule has 0 aliphatic carbocycles. The summed E-state index contributed by atoms with van der Waals surface area (Å²) < 4.78 is 4.84. The number of hydrogen-bond acceptors (Lipinski definition) is 11. The highest BCUT2D eigenvalue weighted by atomic mass is 32.1. The van der Waals surface area contributed by atoms with Gasteiger partial charge in [-0.2, -0.15) is 0 Å². The lowest BCUT2D eigenvalue weighted by atomic mass is 9.84. The second-order valence-corrected chi connectivity index (χ2v) is 19.0. The fraction of sp³-hybridized carbons (Fsp3) is 0.396. The molecule has 5 amide bonds. The van der Waals surface area contributed by atoms with Crippen LogP contribution in [0.4, 0.5) is 9.59 Å². The molecule has 0 spiro atoms. The van der Waals surface area contributed by atoms with Crippen LogP contribution < -0.4 is 16.1 Å². The standard InChI is InChI=1S/C48H59N9O6S/c1-47(2,3)40(53-45(61)63-7)42(59)54-56(28-33-18-20-34(21-19-33)37-17-11-12-23-50-37)30-39(58)38(26-32-14-9-8-10-15-32)52-43(60)41(48(4,5)6)57-25-24-55(46(57)62)29-36-31-64-44(51-36)35-16-13-22-49-27-35/h8-23,27,31,38-41,58H,24-26,28-30H2,1-7H3,(H,52,60)(H,53,61)(H,54,59). The summed E-state index contributed by atoms with van der Waals surface area (Å²) in [6, 6.07) is 23.7. The number of rotatable bonds is 17. The fourth-order valence-corrected chi connectivity index (χ4v) is 8.51. The van der Waals surface area contributed by atoms with E-state index >= 15 is 0 Å². The topological polar surface area (TPSA) is 182 Å². The summed E-state index contributed by atoms with van der Waals surface area (Å²) in [5.41, 5.74) is 6.60. The number of methoxy groups -OCH3 is 1. The molecule has 2 aromatic carbocycles. The van der Waals surface area contributed by atoms with Gasteiger partial charge in [0.2, 0.25) is 5.91 Å². The summed E-state index contributed by atoms with van der Waals surface area (Å²) in [6.07, 6.45) is 3.45. The van der Waals surface area contributed by atoms with E-state index in [2.05, 4.69) is 26.0 Å². The third-order valence-corrected chi connectivity index (χ3v) is 11.9. The number of hydrogen-bond donors (Lipinski definition) is 4. The highest BCUT2D eigenvalue weighted by Crippen LogP contribution is 2.30. The summed E-state index contributed by atoms with van der Waals surface area (Å²) in [5.74, 6) is -0.930. The number of aromatic nitrogens is 3. The predicted octanol–water partition coefficient (Wildman–Crippen LogP) is 6.31. The Morgan fingerprint density at radius 3 is 2.22 bits per heavy atom. The molecule has 4 N–H and O–H groups in total. The van der Waals surface area contributed by atoms with Crippen molar-refractivity contribution < 1.29 is 29.0 Å². The third-order valence-electron chi connectivity index (χ3n) is 11.0. The molecule has 1 aliphatic heterocycles. The number of thiazole rings is 1. The molecule has 15 nitrogen and oxygen atoms in total. The number of carbonyl (C=O) groups excluding carboxylic acids is 4. The number of carbonyl (C=O) groups is 4. The van der Waals surface area contributed by atoms with Gasteiger partial charge >= 0.3 is 12.1 Å². The summed E-state index contributed by atoms with van der Waals surface area (Å²) in [5, 5.41) is 22.4. The van der Waals surface area contributed by atoms with Crippen molar-refractivity contribution in [1.82, 2.24) is 45.8 Å². The normalized spacial score (nSPS) is 15.0. The van der Waals surface area contributed by atoms with Gasteiger partial charge in [0.1, 0.15) is 17.1 Å². The van der Waals surface area contributed by atoms with E-state index in [4.69, 9.17) is 9.72 Å². The largest absolute Gasteiger partial charge is 0.453 e. The van der Waals surface area contributed by atoms with Crippen LogP contribution in [0.25, 0.3) is 21.8 Å². The lowest BCUT2D eigenvalue weighted by molar-refractivity contribution is -0.133. The fourth-order valence-electron chi connectivity index (χ4n) is 7.71. The first-order valence-electron chi connectivity index (χ1n) is 21.3. The molecule has 0 bridgehead atoms. The molecule has 1 aliphatic rings. The van der Waals surface area contributed by atoms with Crippen molar-refractivity contribution in [2.24, 2.45) is 10.8 Å². The lowest BCUT2D eigenvalue weighted by Crippen LogP contribution is -2.61. The molecule has 5 aromatic rings. The van der Waals surface area contributed by atoms with Crippen molar-refractivity contribution in [2.45, 2.75) is 85.3 Å². The Kier molecular flexibility index (Phi) is 15.5. The van der Waals surface area contributed by atoms with Gasteiger partial charge in [-0.1, -0.05) is 102 Å². The van der Waals surface area contributed by atoms with Gasteiger partial charge in [0, 0.05) is 61.3 Å². The third kappa shape index (κ3) is 12.5. The summed E-state index contributed by atoms with van der Waals surface area (Å²) in [6.45, 7) is 12.3. The molecule has 0 radical (unpaired) electrons. The van der Waals surface area contributed by atoms with Gasteiger partial charge in [-0.15, -0.1) is 11.3 Å². The Bertz CT molecular complexity index is 2320. The first kappa shape index (κ1) is 47.3. The van der Waals surface area contributed by atoms with Crippen molar-refractivity contribution >= 4 is 35.3 Å². The predicted molar refractivity (Wildman–Crippen MR) is 246 cm³/mol. The monoisotopic (exact) mass is 889 g/mol. The maximum Gasteiger partial charge on any atom is 0.407 e. The Morgan fingerprint density at radius 1 is 0.844 bits per heavy atom. The highest BCUT2D eigenvalue weighted by Gasteiger charge is 2.44. The van der Waals surface area contributed by atoms with Gasteiger partial charge in [-0.25, -0.2) is 19.6 Å². The molecular weight excluding hydrogens is 831 g/mol. The van der Waals surface area contributed by atoms with Crippen molar-refractivity contribution in [2.75, 3.05) is 26.7 Å². The zero-order valence-electron chi connectivity index (χ0n) is 37.5. The van der Waals surface area contributed by atoms with Crippen molar-refractivity contribution in [3.8, 4) is 21.8 Å². The van der Waals surface area contributed by atoms with Gasteiger partial charge in [-0.3, -0.25) is 25.0 Å². The van der Waals surface area contributed by atoms with E-state index in [-0.39, 0.29) is 25.5 Å². The first-order chi connectivity index (χ1) is 30.5. The van der Waals surface area contributed by atoms with Gasteiger partial charge < -0.3 is 30.3 Å². The number of pyridine rings is 2. The van der Waals surface area contributed by atoms with Crippen molar-refractivity contribution in [1.29, 1.82) is 0 Å². The zero-order valence-corrected chi connectivity index (χ0v) is 38.3. The van der Waals surface area contributed by atoms with Crippen LogP contribution in [0.3, 0.4) is 0 Å². The number of benzene rings is 2. The average molecular weight is 890 g/mol. The summed E-state index contributed by atoms with van der Waals surface area (Å²) in [7, 11) is 1.23. The molecule has 6 rings (SSSR count). The van der Waals surface area contributed by atoms with Crippen LogP contribution in [0.5, 0.6) is 0 Å². The molecule has 338 valence electrons. The maximum atomic E-state index is 14.7. The van der Waals surface area contributed by atoms with Crippen molar-refractivity contribution in [3.63, 3.8) is 0 Å². The second kappa shape index (κ2) is 21.0. The minimum Gasteiger partial charge on any atom is -0.453 e. The van der Waals surface area contributed by atoms with E-state index < -0.39 is 53.0 Å². The van der Waals surface area contributed by atoms with Gasteiger partial charge in [0.05, 0.1) is 37.2 Å². The molecular formula is C48H59N9O6S. The van der Waals surface area contributed by atoms with Gasteiger partial charge in [0.15, 0.2) is 0 Å². The first-order valence-corrected chi connectivity index (χ1v) is 22.2. The van der Waals surface area contributed by atoms with Crippen LogP contribution in [-0.2, 0) is 33.8 Å². The quantitative estimate of drug-likeness (QED) is 0.0773. The Hall–Kier alpha value is -6.23. The van der Waals surface area contributed by atoms with E-state index in [1.165, 1.54) is 18.4 Å². The van der Waals surface area contributed by atoms with E-state index in [0.29, 0.717) is 19.6 Å². The molecule has 0 saturated carbocycles. The summed E-state index contributed by atoms with van der Waals surface area (Å²) in [4.78, 5) is 72.0. The van der Waals surface area contributed by atoms with Crippen LogP contribution in [0, 0.1) is 10.8 Å². The Labute approximate surface area is 379 Å². The molecule has 4 unspecified atom stereocenters. The van der Waals surface area contributed by atoms with Crippen LogP contribution in [0.15, 0.2) is 109 Å². The number of aliphatic hydroxyl groups is 1. The SMILES string of the molecule is COC(=O)NC(C(=O)NN(Cc1ccc(-c2ccccn2)cc1)CC(O)C(Cc1ccccc1)NC(=O)C(N1CCN(Cc2csc(-c3cccnc3)n2)C1=O)C(C)(C)C)C(C)(C)C. The van der Waals surface area contributed by atoms with Crippen LogP contribution in [0.2, 0.25) is 0 Å². The number of hydrazine groups is 1. The molecule has 4 heterocycles. The molecule has 16 heteroatoms. The minimum absolute atomic E-state index is 0.119. The maximum absolute atomic E-state index is 14.7. The van der Waals surface area contributed by atoms with Gasteiger partial charge in [0.25, 0.3) is 5.91 Å². The molecule has 4 atom stereocenters. The number of nitrogens with zero attached hydrogens (tertiary/aromatic N) is 6. The number of urea groups is 1. The lowest BCUT2D eigenvalue weighted by Gasteiger charge is -2.38. The summed E-state index contributed by atoms with van der Waals surface area (Å²) >= 11 is 1.48. The number of alkyl carbamates (subject to hydrolysis) is 1. The van der Waals surface area contributed by atoms with E-state index in [0.717, 1.165) is 38.6 Å². The molecule has 64 heavy (non-hydrogen) atoms. The van der Waals surface area contributed by atoms with Crippen LogP contribution >= 0.6 is 11.3 Å². The second-order valence-electron chi connectivity index (χ2n) is 18.1. The molecule has 1 fully saturated rings.